The van der Waals surface area contributed by atoms with Crippen LogP contribution in [0.5, 0.6) is 0 Å². The molecule has 1 atom stereocenters. The molecule has 2 N–H and O–H groups in total. The van der Waals surface area contributed by atoms with Gasteiger partial charge in [0.1, 0.15) is 6.04 Å². The highest BCUT2D eigenvalue weighted by atomic mass is 35.5. The van der Waals surface area contributed by atoms with Crippen molar-refractivity contribution in [3.63, 3.8) is 0 Å². The summed E-state index contributed by atoms with van der Waals surface area (Å²) < 4.78 is 27.0. The predicted octanol–water partition coefficient (Wildman–Crippen LogP) is 3.52. The molecule has 1 aliphatic rings. The second-order valence-electron chi connectivity index (χ2n) is 7.80. The van der Waals surface area contributed by atoms with Crippen molar-refractivity contribution >= 4 is 39.1 Å². The molecular formula is C22H26ClN3O4S. The Morgan fingerprint density at radius 2 is 1.71 bits per heavy atom. The molecule has 1 saturated heterocycles. The Balaban J connectivity index is 1.75. The molecule has 0 unspecified atom stereocenters. The average molecular weight is 464 g/mol. The summed E-state index contributed by atoms with van der Waals surface area (Å²) in [5.41, 5.74) is 0.629. The highest BCUT2D eigenvalue weighted by Gasteiger charge is 2.28. The van der Waals surface area contributed by atoms with Crippen molar-refractivity contribution < 1.29 is 18.0 Å². The van der Waals surface area contributed by atoms with E-state index in [1.807, 2.05) is 13.8 Å². The molecule has 0 spiro atoms. The molecule has 1 aliphatic heterocycles. The van der Waals surface area contributed by atoms with Crippen LogP contribution in [-0.2, 0) is 14.8 Å². The molecule has 0 saturated carbocycles. The Morgan fingerprint density at radius 1 is 1.03 bits per heavy atom. The highest BCUT2D eigenvalue weighted by Crippen LogP contribution is 2.23. The summed E-state index contributed by atoms with van der Waals surface area (Å²) in [6, 6.07) is 11.9. The lowest BCUT2D eigenvalue weighted by Gasteiger charge is -2.22. The largest absolute Gasteiger partial charge is 0.340 e. The molecule has 3 rings (SSSR count). The first-order valence-electron chi connectivity index (χ1n) is 10.2. The number of halogens is 1. The predicted molar refractivity (Wildman–Crippen MR) is 121 cm³/mol. The van der Waals surface area contributed by atoms with Crippen LogP contribution in [0.15, 0.2) is 53.4 Å². The van der Waals surface area contributed by atoms with Crippen molar-refractivity contribution in [1.82, 2.24) is 9.62 Å². The fraction of sp³-hybridized carbons (Fsp3) is 0.364. The molecule has 0 bridgehead atoms. The van der Waals surface area contributed by atoms with Crippen LogP contribution >= 0.6 is 11.6 Å². The topological polar surface area (TPSA) is 95.6 Å². The quantitative estimate of drug-likeness (QED) is 0.656. The van der Waals surface area contributed by atoms with Gasteiger partial charge in [-0.05, 0) is 49.1 Å². The zero-order valence-corrected chi connectivity index (χ0v) is 19.0. The number of nitrogens with one attached hydrogen (secondary N) is 2. The van der Waals surface area contributed by atoms with Gasteiger partial charge in [-0.25, -0.2) is 8.42 Å². The summed E-state index contributed by atoms with van der Waals surface area (Å²) in [6.07, 6.45) is 1.69. The van der Waals surface area contributed by atoms with E-state index in [1.54, 1.807) is 36.4 Å². The molecule has 0 aliphatic carbocycles. The summed E-state index contributed by atoms with van der Waals surface area (Å²) in [5, 5.41) is 5.74. The fourth-order valence-electron chi connectivity index (χ4n) is 3.43. The maximum atomic E-state index is 12.9. The second-order valence-corrected chi connectivity index (χ2v) is 10.1. The third-order valence-electron chi connectivity index (χ3n) is 5.16. The molecule has 31 heavy (non-hydrogen) atoms. The van der Waals surface area contributed by atoms with E-state index < -0.39 is 27.9 Å². The number of carbonyl (C=O) groups is 2. The Bertz CT molecular complexity index is 1070. The van der Waals surface area contributed by atoms with Crippen molar-refractivity contribution in [2.24, 2.45) is 5.92 Å². The van der Waals surface area contributed by atoms with Crippen molar-refractivity contribution in [1.29, 1.82) is 0 Å². The number of hydrogen-bond donors (Lipinski definition) is 2. The number of anilines is 1. The average Bonchev–Trinajstić information content (AvgIpc) is 3.28. The summed E-state index contributed by atoms with van der Waals surface area (Å²) in [4.78, 5) is 25.6. The van der Waals surface area contributed by atoms with E-state index in [1.165, 1.54) is 16.4 Å². The van der Waals surface area contributed by atoms with Crippen LogP contribution in [0.2, 0.25) is 5.02 Å². The van der Waals surface area contributed by atoms with Gasteiger partial charge in [-0.2, -0.15) is 4.31 Å². The van der Waals surface area contributed by atoms with Gasteiger partial charge in [0.2, 0.25) is 15.9 Å². The third-order valence-corrected chi connectivity index (χ3v) is 7.38. The molecule has 1 heterocycles. The van der Waals surface area contributed by atoms with Crippen LogP contribution < -0.4 is 10.6 Å². The van der Waals surface area contributed by atoms with Crippen molar-refractivity contribution in [2.45, 2.75) is 37.6 Å². The van der Waals surface area contributed by atoms with E-state index in [0.29, 0.717) is 23.8 Å². The summed E-state index contributed by atoms with van der Waals surface area (Å²) in [6.45, 7) is 4.63. The molecule has 7 nitrogen and oxygen atoms in total. The Morgan fingerprint density at radius 3 is 2.35 bits per heavy atom. The first kappa shape index (κ1) is 23.2. The van der Waals surface area contributed by atoms with Gasteiger partial charge < -0.3 is 10.6 Å². The van der Waals surface area contributed by atoms with Crippen LogP contribution in [-0.4, -0.2) is 43.7 Å². The third kappa shape index (κ3) is 5.44. The summed E-state index contributed by atoms with van der Waals surface area (Å²) in [7, 11) is -3.60. The fourth-order valence-corrected chi connectivity index (χ4v) is 5.22. The van der Waals surface area contributed by atoms with E-state index in [-0.39, 0.29) is 16.4 Å². The van der Waals surface area contributed by atoms with E-state index >= 15 is 0 Å². The molecule has 9 heteroatoms. The minimum atomic E-state index is -3.60. The molecule has 1 fully saturated rings. The summed E-state index contributed by atoms with van der Waals surface area (Å²) >= 11 is 6.08. The lowest BCUT2D eigenvalue weighted by Crippen LogP contribution is -2.47. The van der Waals surface area contributed by atoms with E-state index in [9.17, 15) is 18.0 Å². The van der Waals surface area contributed by atoms with Crippen LogP contribution in [0.25, 0.3) is 0 Å². The van der Waals surface area contributed by atoms with Crippen LogP contribution in [0.3, 0.4) is 0 Å². The van der Waals surface area contributed by atoms with E-state index in [4.69, 9.17) is 11.6 Å². The van der Waals surface area contributed by atoms with Gasteiger partial charge in [-0.15, -0.1) is 0 Å². The molecule has 0 radical (unpaired) electrons. The SMILES string of the molecule is CC(C)[C@@H](NC(=O)c1ccccc1Cl)C(=O)Nc1cccc(S(=O)(=O)N2CCCC2)c1. The number of nitrogens with zero attached hydrogens (tertiary/aromatic N) is 1. The zero-order chi connectivity index (χ0) is 22.6. The Kier molecular flexibility index (Phi) is 7.35. The van der Waals surface area contributed by atoms with Crippen molar-refractivity contribution in [2.75, 3.05) is 18.4 Å². The van der Waals surface area contributed by atoms with Gasteiger partial charge in [0.15, 0.2) is 0 Å². The molecule has 166 valence electrons. The van der Waals surface area contributed by atoms with Crippen molar-refractivity contribution in [3.05, 3.63) is 59.1 Å². The number of rotatable bonds is 7. The molecule has 0 aromatic heterocycles. The maximum Gasteiger partial charge on any atom is 0.253 e. The number of sulfonamides is 1. The normalized spacial score (nSPS) is 15.6. The number of hydrogen-bond acceptors (Lipinski definition) is 4. The van der Waals surface area contributed by atoms with E-state index in [0.717, 1.165) is 12.8 Å². The molecule has 2 aromatic carbocycles. The van der Waals surface area contributed by atoms with Gasteiger partial charge in [0, 0.05) is 18.8 Å². The van der Waals surface area contributed by atoms with Crippen LogP contribution in [0.1, 0.15) is 37.0 Å². The van der Waals surface area contributed by atoms with Gasteiger partial charge >= 0.3 is 0 Å². The minimum Gasteiger partial charge on any atom is -0.340 e. The van der Waals surface area contributed by atoms with Crippen molar-refractivity contribution in [3.8, 4) is 0 Å². The van der Waals surface area contributed by atoms with Gasteiger partial charge in [-0.3, -0.25) is 9.59 Å². The monoisotopic (exact) mass is 463 g/mol. The lowest BCUT2D eigenvalue weighted by atomic mass is 10.0. The van der Waals surface area contributed by atoms with Gasteiger partial charge in [-0.1, -0.05) is 43.6 Å². The smallest absolute Gasteiger partial charge is 0.253 e. The lowest BCUT2D eigenvalue weighted by molar-refractivity contribution is -0.118. The van der Waals surface area contributed by atoms with Crippen LogP contribution in [0.4, 0.5) is 5.69 Å². The zero-order valence-electron chi connectivity index (χ0n) is 17.5. The molecular weight excluding hydrogens is 438 g/mol. The van der Waals surface area contributed by atoms with E-state index in [2.05, 4.69) is 10.6 Å². The maximum absolute atomic E-state index is 12.9. The Hall–Kier alpha value is -2.42. The first-order chi connectivity index (χ1) is 14.7. The van der Waals surface area contributed by atoms with Gasteiger partial charge in [0.05, 0.1) is 15.5 Å². The Labute approximate surface area is 187 Å². The number of benzene rings is 2. The number of amides is 2. The number of carbonyl (C=O) groups excluding carboxylic acids is 2. The standard InChI is InChI=1S/C22H26ClN3O4S/c1-15(2)20(25-21(27)18-10-3-4-11-19(18)23)22(28)24-16-8-7-9-17(14-16)31(29,30)26-12-5-6-13-26/h3-4,7-11,14-15,20H,5-6,12-13H2,1-2H3,(H,24,28)(H,25,27)/t20-/m1/s1. The van der Waals surface area contributed by atoms with Gasteiger partial charge in [0.25, 0.3) is 5.91 Å². The highest BCUT2D eigenvalue weighted by molar-refractivity contribution is 7.89. The molecule has 2 amide bonds. The van der Waals surface area contributed by atoms with Crippen LogP contribution in [0, 0.1) is 5.92 Å². The second kappa shape index (κ2) is 9.80. The molecule has 2 aromatic rings. The first-order valence-corrected chi connectivity index (χ1v) is 12.0. The summed E-state index contributed by atoms with van der Waals surface area (Å²) in [5.74, 6) is -1.10. The minimum absolute atomic E-state index is 0.133.